The Bertz CT molecular complexity index is 922. The summed E-state index contributed by atoms with van der Waals surface area (Å²) in [5, 5.41) is 0. The van der Waals surface area contributed by atoms with Crippen LogP contribution in [0.4, 0.5) is 0 Å². The highest BCUT2D eigenvalue weighted by Crippen LogP contribution is 2.31. The van der Waals surface area contributed by atoms with Gasteiger partial charge >= 0.3 is 0 Å². The fourth-order valence-corrected chi connectivity index (χ4v) is 4.13. The summed E-state index contributed by atoms with van der Waals surface area (Å²) < 4.78 is 5.27. The molecule has 24 heavy (non-hydrogen) atoms. The van der Waals surface area contributed by atoms with Gasteiger partial charge in [0.05, 0.1) is 18.2 Å². The van der Waals surface area contributed by atoms with Gasteiger partial charge in [0.2, 0.25) is 21.1 Å². The molecule has 0 fully saturated rings. The van der Waals surface area contributed by atoms with Crippen LogP contribution in [0, 0.1) is 0 Å². The van der Waals surface area contributed by atoms with E-state index in [-0.39, 0.29) is 0 Å². The number of hydrogen-bond acceptors (Lipinski definition) is 1. The lowest BCUT2D eigenvalue weighted by Crippen LogP contribution is -2.00. The van der Waals surface area contributed by atoms with Crippen LogP contribution in [0.1, 0.15) is 22.3 Å². The molecule has 3 aromatic rings. The van der Waals surface area contributed by atoms with E-state index in [1.807, 2.05) is 29.6 Å². The third-order valence-corrected chi connectivity index (χ3v) is 5.32. The van der Waals surface area contributed by atoms with Crippen LogP contribution in [0.5, 0.6) is 5.75 Å². The Morgan fingerprint density at radius 3 is 2.12 bits per heavy atom. The molecule has 0 aromatic heterocycles. The zero-order chi connectivity index (χ0) is 16.4. The van der Waals surface area contributed by atoms with Crippen molar-refractivity contribution in [2.24, 2.45) is 0 Å². The summed E-state index contributed by atoms with van der Waals surface area (Å²) in [5.41, 5.74) is 5.06. The Hall–Kier alpha value is -2.71. The Morgan fingerprint density at radius 2 is 1.42 bits per heavy atom. The van der Waals surface area contributed by atoms with Gasteiger partial charge in [0.1, 0.15) is 5.75 Å². The van der Waals surface area contributed by atoms with E-state index in [4.69, 9.17) is 4.74 Å². The van der Waals surface area contributed by atoms with E-state index in [2.05, 4.69) is 66.7 Å². The molecule has 4 rings (SSSR count). The van der Waals surface area contributed by atoms with Gasteiger partial charge in [-0.05, 0) is 42.0 Å². The van der Waals surface area contributed by atoms with Crippen LogP contribution >= 0.6 is 0 Å². The van der Waals surface area contributed by atoms with Crippen LogP contribution in [0.25, 0.3) is 11.0 Å². The fourth-order valence-electron chi connectivity index (χ4n) is 2.88. The first kappa shape index (κ1) is 14.9. The van der Waals surface area contributed by atoms with Crippen molar-refractivity contribution in [3.05, 3.63) is 101 Å². The van der Waals surface area contributed by atoms with Gasteiger partial charge in [-0.15, -0.1) is 0 Å². The Labute approximate surface area is 146 Å². The third-order valence-electron chi connectivity index (χ3n) is 4.10. The van der Waals surface area contributed by atoms with Crippen LogP contribution in [-0.4, -0.2) is 12.0 Å². The molecule has 1 nitrogen and oxygen atoms in total. The number of benzene rings is 3. The van der Waals surface area contributed by atoms with Crippen LogP contribution in [0.3, 0.4) is 0 Å². The van der Waals surface area contributed by atoms with E-state index in [9.17, 15) is 0 Å². The SMILES string of the molecule is COc1ccc(C2=[S+]/C(=C/c3ccccc3)c3ccccc32)cc1. The summed E-state index contributed by atoms with van der Waals surface area (Å²) in [6.07, 6.45) is 2.26. The largest absolute Gasteiger partial charge is 0.497 e. The van der Waals surface area contributed by atoms with Gasteiger partial charge in [0.25, 0.3) is 0 Å². The monoisotopic (exact) mass is 329 g/mol. The van der Waals surface area contributed by atoms with Crippen molar-refractivity contribution in [2.45, 2.75) is 0 Å². The topological polar surface area (TPSA) is 9.23 Å². The fraction of sp³-hybridized carbons (Fsp3) is 0.0455. The average molecular weight is 329 g/mol. The molecule has 0 unspecified atom stereocenters. The maximum Gasteiger partial charge on any atom is 0.246 e. The molecule has 0 radical (unpaired) electrons. The maximum absolute atomic E-state index is 5.27. The van der Waals surface area contributed by atoms with Crippen molar-refractivity contribution < 1.29 is 4.74 Å². The third kappa shape index (κ3) is 2.77. The van der Waals surface area contributed by atoms with Crippen molar-refractivity contribution >= 4 is 27.2 Å². The lowest BCUT2D eigenvalue weighted by Gasteiger charge is -2.00. The molecular formula is C22H17OS+. The molecule has 0 amide bonds. The number of fused-ring (bicyclic) bond motifs is 1. The molecule has 0 bridgehead atoms. The van der Waals surface area contributed by atoms with Crippen molar-refractivity contribution in [2.75, 3.05) is 7.11 Å². The molecule has 116 valence electrons. The molecule has 0 atom stereocenters. The van der Waals surface area contributed by atoms with Crippen molar-refractivity contribution in [3.8, 4) is 5.75 Å². The second-order valence-corrected chi connectivity index (χ2v) is 6.68. The highest BCUT2D eigenvalue weighted by Gasteiger charge is 2.32. The van der Waals surface area contributed by atoms with Gasteiger partial charge in [0.15, 0.2) is 0 Å². The van der Waals surface area contributed by atoms with Crippen LogP contribution in [0.2, 0.25) is 0 Å². The molecule has 0 aliphatic carbocycles. The number of hydrogen-bond donors (Lipinski definition) is 0. The maximum atomic E-state index is 5.27. The van der Waals surface area contributed by atoms with E-state index in [0.717, 1.165) is 5.75 Å². The molecule has 1 aliphatic heterocycles. The number of ether oxygens (including phenoxy) is 1. The molecule has 1 heterocycles. The van der Waals surface area contributed by atoms with E-state index < -0.39 is 0 Å². The van der Waals surface area contributed by atoms with E-state index in [1.54, 1.807) is 7.11 Å². The van der Waals surface area contributed by atoms with Gasteiger partial charge in [-0.3, -0.25) is 0 Å². The van der Waals surface area contributed by atoms with Gasteiger partial charge in [-0.1, -0.05) is 42.5 Å². The predicted molar refractivity (Wildman–Crippen MR) is 104 cm³/mol. The molecule has 0 saturated carbocycles. The summed E-state index contributed by atoms with van der Waals surface area (Å²) in [6, 6.07) is 27.4. The minimum absolute atomic E-state index is 0.885. The van der Waals surface area contributed by atoms with Crippen molar-refractivity contribution in [1.82, 2.24) is 0 Å². The molecule has 1 aliphatic rings. The molecule has 2 heteroatoms. The highest BCUT2D eigenvalue weighted by atomic mass is 32.1. The van der Waals surface area contributed by atoms with E-state index in [1.165, 1.54) is 32.0 Å². The van der Waals surface area contributed by atoms with E-state index >= 15 is 0 Å². The van der Waals surface area contributed by atoms with Crippen molar-refractivity contribution in [3.63, 3.8) is 0 Å². The minimum atomic E-state index is 0.885. The Balaban J connectivity index is 1.82. The first-order valence-corrected chi connectivity index (χ1v) is 8.72. The molecule has 0 spiro atoms. The zero-order valence-corrected chi connectivity index (χ0v) is 14.2. The second kappa shape index (κ2) is 6.42. The summed E-state index contributed by atoms with van der Waals surface area (Å²) in [7, 11) is 1.70. The Morgan fingerprint density at radius 1 is 0.750 bits per heavy atom. The van der Waals surface area contributed by atoms with Crippen molar-refractivity contribution in [1.29, 1.82) is 0 Å². The second-order valence-electron chi connectivity index (χ2n) is 5.62. The number of rotatable bonds is 3. The minimum Gasteiger partial charge on any atom is -0.497 e. The quantitative estimate of drug-likeness (QED) is 0.492. The first-order valence-electron chi connectivity index (χ1n) is 7.91. The predicted octanol–water partition coefficient (Wildman–Crippen LogP) is 4.86. The standard InChI is InChI=1S/C22H17OS/c1-23-18-13-11-17(12-14-18)22-20-10-6-5-9-19(20)21(24-22)15-16-7-3-2-4-8-16/h2-15H,1H3/q+1/b21-15+. The molecule has 3 aromatic carbocycles. The number of methoxy groups -OCH3 is 1. The Kier molecular flexibility index (Phi) is 3.97. The van der Waals surface area contributed by atoms with Gasteiger partial charge in [-0.2, -0.15) is 0 Å². The van der Waals surface area contributed by atoms with Crippen LogP contribution in [-0.2, 0) is 11.4 Å². The lowest BCUT2D eigenvalue weighted by molar-refractivity contribution is 0.415. The van der Waals surface area contributed by atoms with E-state index in [0.29, 0.717) is 0 Å². The average Bonchev–Trinajstić information content (AvgIpc) is 3.01. The summed E-state index contributed by atoms with van der Waals surface area (Å²) >= 11 is 1.84. The molecule has 0 N–H and O–H groups in total. The summed E-state index contributed by atoms with van der Waals surface area (Å²) in [6.45, 7) is 0. The van der Waals surface area contributed by atoms with Gasteiger partial charge in [0, 0.05) is 11.6 Å². The summed E-state index contributed by atoms with van der Waals surface area (Å²) in [5.74, 6) is 0.885. The highest BCUT2D eigenvalue weighted by molar-refractivity contribution is 7.90. The normalized spacial score (nSPS) is 14.4. The lowest BCUT2D eigenvalue weighted by atomic mass is 9.99. The van der Waals surface area contributed by atoms with Crippen LogP contribution in [0.15, 0.2) is 78.9 Å². The zero-order valence-electron chi connectivity index (χ0n) is 13.4. The van der Waals surface area contributed by atoms with Gasteiger partial charge in [-0.25, -0.2) is 0 Å². The molecular weight excluding hydrogens is 312 g/mol. The van der Waals surface area contributed by atoms with Gasteiger partial charge < -0.3 is 4.74 Å². The smallest absolute Gasteiger partial charge is 0.246 e. The summed E-state index contributed by atoms with van der Waals surface area (Å²) in [4.78, 5) is 2.60. The first-order chi connectivity index (χ1) is 11.8. The van der Waals surface area contributed by atoms with Crippen LogP contribution < -0.4 is 4.74 Å². The molecule has 0 saturated heterocycles.